The van der Waals surface area contributed by atoms with Gasteiger partial charge in [0.1, 0.15) is 0 Å². The molecular weight excluding hydrogens is 315 g/mol. The molecule has 0 radical (unpaired) electrons. The van der Waals surface area contributed by atoms with Crippen LogP contribution in [0.2, 0.25) is 0 Å². The summed E-state index contributed by atoms with van der Waals surface area (Å²) in [5.41, 5.74) is -1.43. The second-order valence-corrected chi connectivity index (χ2v) is 4.38. The molecule has 0 spiro atoms. The molecule has 23 heavy (non-hydrogen) atoms. The van der Waals surface area contributed by atoms with Gasteiger partial charge >= 0.3 is 13.1 Å². The van der Waals surface area contributed by atoms with Gasteiger partial charge in [0.05, 0.1) is 10.5 Å². The molecule has 0 bridgehead atoms. The van der Waals surface area contributed by atoms with E-state index in [9.17, 15) is 23.7 Å². The van der Waals surface area contributed by atoms with E-state index in [1.54, 1.807) is 0 Å². The van der Waals surface area contributed by atoms with Gasteiger partial charge in [-0.05, 0) is 23.7 Å². The van der Waals surface area contributed by atoms with Gasteiger partial charge in [0.2, 0.25) is 5.75 Å². The Bertz CT molecular complexity index is 763. The Kier molecular flexibility index (Phi) is 4.67. The largest absolute Gasteiger partial charge is 0.488 e. The Balaban J connectivity index is 2.41. The summed E-state index contributed by atoms with van der Waals surface area (Å²) in [6.07, 6.45) is 0. The number of non-ortho nitro benzene ring substituents is 1. The molecule has 0 amide bonds. The van der Waals surface area contributed by atoms with Crippen LogP contribution >= 0.6 is 0 Å². The first-order valence-corrected chi connectivity index (χ1v) is 6.11. The summed E-state index contributed by atoms with van der Waals surface area (Å²) in [7, 11) is -2.08. The summed E-state index contributed by atoms with van der Waals surface area (Å²) in [6.45, 7) is 0. The maximum atomic E-state index is 13.4. The number of para-hydroxylation sites is 1. The molecule has 7 nitrogen and oxygen atoms in total. The highest BCUT2D eigenvalue weighted by molar-refractivity contribution is 6.58. The first-order chi connectivity index (χ1) is 10.8. The van der Waals surface area contributed by atoms with Crippen molar-refractivity contribution >= 4 is 24.2 Å². The van der Waals surface area contributed by atoms with E-state index in [1.165, 1.54) is 0 Å². The van der Waals surface area contributed by atoms with Gasteiger partial charge in [-0.15, -0.1) is 0 Å². The summed E-state index contributed by atoms with van der Waals surface area (Å²) < 4.78 is 31.4. The van der Waals surface area contributed by atoms with Crippen LogP contribution in [0, 0.1) is 21.7 Å². The number of nitro benzene ring substituents is 1. The standard InChI is InChI=1S/C13H8BF2NO6/c15-10-2-1-3-11(16)12(10)23-13(18)7-4-8(14(19)20)6-9(5-7)17(21)22/h1-6,19-20H. The van der Waals surface area contributed by atoms with E-state index < -0.39 is 46.6 Å². The molecule has 0 fully saturated rings. The van der Waals surface area contributed by atoms with Crippen LogP contribution in [0.25, 0.3) is 0 Å². The number of nitrogens with zero attached hydrogens (tertiary/aromatic N) is 1. The van der Waals surface area contributed by atoms with E-state index >= 15 is 0 Å². The number of hydrogen-bond acceptors (Lipinski definition) is 6. The molecule has 2 rings (SSSR count). The zero-order valence-corrected chi connectivity index (χ0v) is 11.3. The van der Waals surface area contributed by atoms with E-state index in [4.69, 9.17) is 10.0 Å². The minimum Gasteiger partial charge on any atom is -0.423 e. The van der Waals surface area contributed by atoms with Gasteiger partial charge in [-0.3, -0.25) is 10.1 Å². The van der Waals surface area contributed by atoms with Crippen molar-refractivity contribution in [3.05, 3.63) is 63.7 Å². The number of hydrogen-bond donors (Lipinski definition) is 2. The highest BCUT2D eigenvalue weighted by Gasteiger charge is 2.22. The minimum absolute atomic E-state index is 0.347. The number of benzene rings is 2. The van der Waals surface area contributed by atoms with Crippen molar-refractivity contribution in [1.29, 1.82) is 0 Å². The van der Waals surface area contributed by atoms with E-state index in [1.807, 2.05) is 0 Å². The molecule has 0 heterocycles. The third-order valence-corrected chi connectivity index (χ3v) is 2.80. The number of rotatable bonds is 4. The molecule has 0 aliphatic heterocycles. The van der Waals surface area contributed by atoms with Crippen molar-refractivity contribution in [3.8, 4) is 5.75 Å². The number of halogens is 2. The molecule has 0 atom stereocenters. The van der Waals surface area contributed by atoms with E-state index in [2.05, 4.69) is 4.74 Å². The Morgan fingerprint density at radius 2 is 1.78 bits per heavy atom. The lowest BCUT2D eigenvalue weighted by Gasteiger charge is -2.08. The molecular formula is C13H8BF2NO6. The van der Waals surface area contributed by atoms with E-state index in [-0.39, 0.29) is 5.46 Å². The minimum atomic E-state index is -2.08. The molecule has 0 aliphatic rings. The van der Waals surface area contributed by atoms with Crippen molar-refractivity contribution in [2.75, 3.05) is 0 Å². The lowest BCUT2D eigenvalue weighted by molar-refractivity contribution is -0.384. The van der Waals surface area contributed by atoms with Crippen LogP contribution in [0.5, 0.6) is 5.75 Å². The predicted octanol–water partition coefficient (Wildman–Crippen LogP) is 0.772. The van der Waals surface area contributed by atoms with Crippen molar-refractivity contribution < 1.29 is 33.3 Å². The third-order valence-electron chi connectivity index (χ3n) is 2.80. The zero-order chi connectivity index (χ0) is 17.1. The fourth-order valence-electron chi connectivity index (χ4n) is 1.74. The van der Waals surface area contributed by atoms with Gasteiger partial charge < -0.3 is 14.8 Å². The highest BCUT2D eigenvalue weighted by Crippen LogP contribution is 2.22. The Morgan fingerprint density at radius 1 is 1.17 bits per heavy atom. The number of esters is 1. The van der Waals surface area contributed by atoms with Crippen LogP contribution in [0.15, 0.2) is 36.4 Å². The molecule has 10 heteroatoms. The summed E-state index contributed by atoms with van der Waals surface area (Å²) >= 11 is 0. The quantitative estimate of drug-likeness (QED) is 0.283. The van der Waals surface area contributed by atoms with Crippen LogP contribution in [-0.2, 0) is 0 Å². The Morgan fingerprint density at radius 3 is 2.30 bits per heavy atom. The molecule has 0 saturated heterocycles. The summed E-state index contributed by atoms with van der Waals surface area (Å²) in [6, 6.07) is 5.32. The maximum absolute atomic E-state index is 13.4. The third kappa shape index (κ3) is 3.68. The highest BCUT2D eigenvalue weighted by atomic mass is 19.1. The first kappa shape index (κ1) is 16.5. The average molecular weight is 323 g/mol. The van der Waals surface area contributed by atoms with E-state index in [0.717, 1.165) is 36.4 Å². The smallest absolute Gasteiger partial charge is 0.423 e. The molecule has 118 valence electrons. The van der Waals surface area contributed by atoms with Crippen LogP contribution in [0.4, 0.5) is 14.5 Å². The Labute approximate surface area is 128 Å². The van der Waals surface area contributed by atoms with Crippen LogP contribution in [-0.4, -0.2) is 28.1 Å². The van der Waals surface area contributed by atoms with E-state index in [0.29, 0.717) is 0 Å². The second-order valence-electron chi connectivity index (χ2n) is 4.38. The molecule has 2 aromatic carbocycles. The molecule has 2 N–H and O–H groups in total. The average Bonchev–Trinajstić information content (AvgIpc) is 2.50. The number of carbonyl (C=O) groups excluding carboxylic acids is 1. The topological polar surface area (TPSA) is 110 Å². The van der Waals surface area contributed by atoms with Crippen molar-refractivity contribution in [2.45, 2.75) is 0 Å². The van der Waals surface area contributed by atoms with Crippen LogP contribution in [0.1, 0.15) is 10.4 Å². The predicted molar refractivity (Wildman–Crippen MR) is 74.2 cm³/mol. The SMILES string of the molecule is O=C(Oc1c(F)cccc1F)c1cc(B(O)O)cc([N+](=O)[O-])c1. The van der Waals surface area contributed by atoms with Gasteiger partial charge in [0.15, 0.2) is 11.6 Å². The molecule has 0 unspecified atom stereocenters. The van der Waals surface area contributed by atoms with Crippen molar-refractivity contribution in [3.63, 3.8) is 0 Å². The van der Waals surface area contributed by atoms with Crippen molar-refractivity contribution in [1.82, 2.24) is 0 Å². The van der Waals surface area contributed by atoms with Gasteiger partial charge in [-0.25, -0.2) is 13.6 Å². The summed E-state index contributed by atoms with van der Waals surface area (Å²) in [5.74, 6) is -4.52. The maximum Gasteiger partial charge on any atom is 0.488 e. The molecule has 0 aromatic heterocycles. The fourth-order valence-corrected chi connectivity index (χ4v) is 1.74. The number of carbonyl (C=O) groups is 1. The van der Waals surface area contributed by atoms with Gasteiger partial charge in [0, 0.05) is 12.1 Å². The normalized spacial score (nSPS) is 10.3. The summed E-state index contributed by atoms with van der Waals surface area (Å²) in [4.78, 5) is 21.8. The number of nitro groups is 1. The van der Waals surface area contributed by atoms with Crippen molar-refractivity contribution in [2.24, 2.45) is 0 Å². The molecule has 2 aromatic rings. The molecule has 0 aliphatic carbocycles. The van der Waals surface area contributed by atoms with Crippen LogP contribution < -0.4 is 10.2 Å². The van der Waals surface area contributed by atoms with Crippen LogP contribution in [0.3, 0.4) is 0 Å². The Hall–Kier alpha value is -2.85. The lowest BCUT2D eigenvalue weighted by Crippen LogP contribution is -2.31. The first-order valence-electron chi connectivity index (χ1n) is 6.11. The lowest BCUT2D eigenvalue weighted by atomic mass is 9.79. The molecule has 0 saturated carbocycles. The van der Waals surface area contributed by atoms with Gasteiger partial charge in [-0.1, -0.05) is 6.07 Å². The monoisotopic (exact) mass is 323 g/mol. The zero-order valence-electron chi connectivity index (χ0n) is 11.3. The summed E-state index contributed by atoms with van der Waals surface area (Å²) in [5, 5.41) is 28.9. The van der Waals surface area contributed by atoms with Gasteiger partial charge in [0.25, 0.3) is 5.69 Å². The number of ether oxygens (including phenoxy) is 1. The fraction of sp³-hybridized carbons (Fsp3) is 0. The second kappa shape index (κ2) is 6.50. The van der Waals surface area contributed by atoms with Gasteiger partial charge in [-0.2, -0.15) is 0 Å².